The van der Waals surface area contributed by atoms with Crippen LogP contribution in [0.25, 0.3) is 0 Å². The molecular formula is C14H21Cl2NO. The third-order valence-corrected chi connectivity index (χ3v) is 3.79. The van der Waals surface area contributed by atoms with Gasteiger partial charge in [0.2, 0.25) is 0 Å². The predicted molar refractivity (Wildman–Crippen MR) is 78.4 cm³/mol. The fourth-order valence-corrected chi connectivity index (χ4v) is 1.98. The molecule has 2 nitrogen and oxygen atoms in total. The van der Waals surface area contributed by atoms with Crippen LogP contribution in [0.2, 0.25) is 10.0 Å². The number of hydrogen-bond acceptors (Lipinski definition) is 2. The van der Waals surface area contributed by atoms with Crippen molar-refractivity contribution in [3.05, 3.63) is 33.8 Å². The van der Waals surface area contributed by atoms with E-state index in [0.29, 0.717) is 22.2 Å². The Morgan fingerprint density at radius 3 is 2.61 bits per heavy atom. The van der Waals surface area contributed by atoms with Gasteiger partial charge in [-0.3, -0.25) is 0 Å². The molecular weight excluding hydrogens is 269 g/mol. The molecule has 0 fully saturated rings. The van der Waals surface area contributed by atoms with Crippen LogP contribution in [0.1, 0.15) is 38.9 Å². The van der Waals surface area contributed by atoms with Crippen molar-refractivity contribution in [2.45, 2.75) is 33.3 Å². The van der Waals surface area contributed by atoms with Crippen LogP contribution >= 0.6 is 23.2 Å². The molecule has 0 amide bonds. The largest absolute Gasteiger partial charge is 0.387 e. The molecule has 1 aromatic carbocycles. The van der Waals surface area contributed by atoms with E-state index in [2.05, 4.69) is 26.1 Å². The molecule has 0 aliphatic heterocycles. The zero-order valence-electron chi connectivity index (χ0n) is 11.1. The highest BCUT2D eigenvalue weighted by molar-refractivity contribution is 6.33. The van der Waals surface area contributed by atoms with Crippen molar-refractivity contribution in [3.8, 4) is 0 Å². The monoisotopic (exact) mass is 289 g/mol. The lowest BCUT2D eigenvalue weighted by atomic mass is 9.90. The fourth-order valence-electron chi connectivity index (χ4n) is 1.55. The van der Waals surface area contributed by atoms with Crippen LogP contribution in [0.5, 0.6) is 0 Å². The Balaban J connectivity index is 2.55. The number of benzene rings is 1. The molecule has 0 saturated carbocycles. The Morgan fingerprint density at radius 2 is 2.00 bits per heavy atom. The maximum Gasteiger partial charge on any atom is 0.0929 e. The second-order valence-electron chi connectivity index (χ2n) is 5.33. The molecule has 0 aliphatic carbocycles. The van der Waals surface area contributed by atoms with Gasteiger partial charge in [0.25, 0.3) is 0 Å². The summed E-state index contributed by atoms with van der Waals surface area (Å²) in [5, 5.41) is 14.5. The number of rotatable bonds is 6. The van der Waals surface area contributed by atoms with Gasteiger partial charge in [-0.1, -0.05) is 44.0 Å². The molecule has 1 unspecified atom stereocenters. The molecule has 1 aromatic rings. The van der Waals surface area contributed by atoms with Crippen LogP contribution in [0, 0.1) is 5.41 Å². The average Bonchev–Trinajstić information content (AvgIpc) is 2.32. The Labute approximate surface area is 119 Å². The molecule has 18 heavy (non-hydrogen) atoms. The summed E-state index contributed by atoms with van der Waals surface area (Å²) in [6.07, 6.45) is 0.456. The van der Waals surface area contributed by atoms with Crippen molar-refractivity contribution in [1.29, 1.82) is 0 Å². The van der Waals surface area contributed by atoms with E-state index in [1.807, 2.05) is 0 Å². The molecule has 0 saturated heterocycles. The second kappa shape index (κ2) is 6.76. The molecule has 2 N–H and O–H groups in total. The lowest BCUT2D eigenvalue weighted by molar-refractivity contribution is 0.168. The van der Waals surface area contributed by atoms with Crippen LogP contribution < -0.4 is 5.32 Å². The molecule has 102 valence electrons. The third-order valence-electron chi connectivity index (χ3n) is 3.22. The Kier molecular flexibility index (Phi) is 5.93. The molecule has 0 aliphatic rings. The highest BCUT2D eigenvalue weighted by Gasteiger charge is 2.16. The van der Waals surface area contributed by atoms with Crippen molar-refractivity contribution in [2.75, 3.05) is 13.1 Å². The van der Waals surface area contributed by atoms with E-state index in [9.17, 15) is 5.11 Å². The molecule has 0 aromatic heterocycles. The van der Waals surface area contributed by atoms with E-state index in [1.54, 1.807) is 18.2 Å². The number of nitrogens with one attached hydrogen (secondary N) is 1. The van der Waals surface area contributed by atoms with Crippen LogP contribution in [0.15, 0.2) is 18.2 Å². The van der Waals surface area contributed by atoms with Gasteiger partial charge >= 0.3 is 0 Å². The van der Waals surface area contributed by atoms with Crippen molar-refractivity contribution in [1.82, 2.24) is 5.32 Å². The first-order chi connectivity index (χ1) is 8.35. The van der Waals surface area contributed by atoms with Gasteiger partial charge in [-0.15, -0.1) is 0 Å². The van der Waals surface area contributed by atoms with Gasteiger partial charge in [-0.05, 0) is 30.0 Å². The van der Waals surface area contributed by atoms with Crippen molar-refractivity contribution < 1.29 is 5.11 Å². The quantitative estimate of drug-likeness (QED) is 0.828. The summed E-state index contributed by atoms with van der Waals surface area (Å²) in [5.41, 5.74) is 0.906. The first kappa shape index (κ1) is 15.8. The summed E-state index contributed by atoms with van der Waals surface area (Å²) in [6, 6.07) is 5.13. The molecule has 0 spiro atoms. The molecule has 0 bridgehead atoms. The minimum absolute atomic E-state index is 0.234. The zero-order valence-corrected chi connectivity index (χ0v) is 12.6. The Bertz CT molecular complexity index is 393. The van der Waals surface area contributed by atoms with Gasteiger partial charge in [0, 0.05) is 28.7 Å². The van der Waals surface area contributed by atoms with E-state index in [4.69, 9.17) is 23.2 Å². The van der Waals surface area contributed by atoms with Crippen LogP contribution in [-0.2, 0) is 0 Å². The van der Waals surface area contributed by atoms with Gasteiger partial charge in [-0.25, -0.2) is 0 Å². The number of hydrogen-bond donors (Lipinski definition) is 2. The maximum absolute atomic E-state index is 10.1. The highest BCUT2D eigenvalue weighted by atomic mass is 35.5. The van der Waals surface area contributed by atoms with Gasteiger partial charge in [0.15, 0.2) is 0 Å². The van der Waals surface area contributed by atoms with E-state index in [1.165, 1.54) is 0 Å². The highest BCUT2D eigenvalue weighted by Crippen LogP contribution is 2.26. The Hall–Kier alpha value is -0.280. The zero-order chi connectivity index (χ0) is 13.8. The maximum atomic E-state index is 10.1. The number of aliphatic hydroxyl groups is 1. The van der Waals surface area contributed by atoms with E-state index >= 15 is 0 Å². The Morgan fingerprint density at radius 1 is 1.33 bits per heavy atom. The minimum Gasteiger partial charge on any atom is -0.387 e. The smallest absolute Gasteiger partial charge is 0.0929 e. The van der Waals surface area contributed by atoms with E-state index < -0.39 is 6.10 Å². The fraction of sp³-hybridized carbons (Fsp3) is 0.571. The van der Waals surface area contributed by atoms with E-state index in [0.717, 1.165) is 13.0 Å². The number of aliphatic hydroxyl groups excluding tert-OH is 1. The van der Waals surface area contributed by atoms with Crippen molar-refractivity contribution in [2.24, 2.45) is 5.41 Å². The standard InChI is InChI=1S/C14H21Cl2NO/c1-4-14(2,3)9-17-8-13(18)11-7-10(15)5-6-12(11)16/h5-7,13,17-18H,4,8-9H2,1-3H3. The summed E-state index contributed by atoms with van der Waals surface area (Å²) in [6.45, 7) is 7.88. The number of halogens is 2. The molecule has 1 rings (SSSR count). The van der Waals surface area contributed by atoms with E-state index in [-0.39, 0.29) is 5.41 Å². The molecule has 0 radical (unpaired) electrons. The minimum atomic E-state index is -0.635. The van der Waals surface area contributed by atoms with Crippen LogP contribution in [0.3, 0.4) is 0 Å². The summed E-state index contributed by atoms with van der Waals surface area (Å²) < 4.78 is 0. The lowest BCUT2D eigenvalue weighted by Gasteiger charge is -2.24. The van der Waals surface area contributed by atoms with Gasteiger partial charge < -0.3 is 10.4 Å². The molecule has 4 heteroatoms. The summed E-state index contributed by atoms with van der Waals surface area (Å²) in [5.74, 6) is 0. The average molecular weight is 290 g/mol. The van der Waals surface area contributed by atoms with Gasteiger partial charge in [0.1, 0.15) is 0 Å². The SMILES string of the molecule is CCC(C)(C)CNCC(O)c1cc(Cl)ccc1Cl. The van der Waals surface area contributed by atoms with Crippen LogP contribution in [0.4, 0.5) is 0 Å². The first-order valence-corrected chi connectivity index (χ1v) is 6.95. The summed E-state index contributed by atoms with van der Waals surface area (Å²) in [4.78, 5) is 0. The lowest BCUT2D eigenvalue weighted by Crippen LogP contribution is -2.31. The van der Waals surface area contributed by atoms with Crippen molar-refractivity contribution >= 4 is 23.2 Å². The van der Waals surface area contributed by atoms with Crippen LogP contribution in [-0.4, -0.2) is 18.2 Å². The predicted octanol–water partition coefficient (Wildman–Crippen LogP) is 4.05. The van der Waals surface area contributed by atoms with Crippen molar-refractivity contribution in [3.63, 3.8) is 0 Å². The second-order valence-corrected chi connectivity index (χ2v) is 6.17. The van der Waals surface area contributed by atoms with Gasteiger partial charge in [-0.2, -0.15) is 0 Å². The summed E-state index contributed by atoms with van der Waals surface area (Å²) >= 11 is 11.9. The first-order valence-electron chi connectivity index (χ1n) is 6.19. The topological polar surface area (TPSA) is 32.3 Å². The van der Waals surface area contributed by atoms with Gasteiger partial charge in [0.05, 0.1) is 6.10 Å². The molecule has 1 atom stereocenters. The molecule has 0 heterocycles. The normalized spacial score (nSPS) is 13.7. The third kappa shape index (κ3) is 4.77. The summed E-state index contributed by atoms with van der Waals surface area (Å²) in [7, 11) is 0.